The van der Waals surface area contributed by atoms with Gasteiger partial charge in [-0.15, -0.1) is 0 Å². The number of carbonyl (C=O) groups excluding carboxylic acids is 1. The third kappa shape index (κ3) is 3.22. The number of nitrogens with two attached hydrogens (primary N) is 1. The molecule has 3 nitrogen and oxygen atoms in total. The molecule has 3 unspecified atom stereocenters. The molecule has 0 heterocycles. The van der Waals surface area contributed by atoms with Gasteiger partial charge in [0.1, 0.15) is 4.99 Å². The Hall–Kier alpha value is -1.13. The fraction of sp³-hybridized carbons (Fsp3) is 0.500. The quantitative estimate of drug-likeness (QED) is 0.830. The zero-order chi connectivity index (χ0) is 15.0. The molecule has 0 aromatic heterocycles. The molecule has 2 aliphatic rings. The fourth-order valence-electron chi connectivity index (χ4n) is 3.84. The molecule has 112 valence electrons. The molecule has 1 aromatic carbocycles. The zero-order valence-electron chi connectivity index (χ0n) is 11.8. The number of amides is 1. The Morgan fingerprint density at radius 2 is 2.19 bits per heavy atom. The maximum absolute atomic E-state index is 12.2. The summed E-state index contributed by atoms with van der Waals surface area (Å²) in [6, 6.07) is 5.21. The number of nitrogens with one attached hydrogen (secondary N) is 1. The zero-order valence-corrected chi connectivity index (χ0v) is 13.3. The molecule has 1 amide bonds. The van der Waals surface area contributed by atoms with E-state index in [9.17, 15) is 4.79 Å². The molecule has 0 spiro atoms. The van der Waals surface area contributed by atoms with Crippen molar-refractivity contribution in [2.75, 3.05) is 5.32 Å². The lowest BCUT2D eigenvalue weighted by atomic mass is 9.86. The van der Waals surface area contributed by atoms with Crippen LogP contribution in [0.4, 0.5) is 5.69 Å². The summed E-state index contributed by atoms with van der Waals surface area (Å²) in [6.45, 7) is 0. The highest BCUT2D eigenvalue weighted by atomic mass is 35.5. The molecule has 0 saturated heterocycles. The number of thiocarbonyl (C=S) groups is 1. The largest absolute Gasteiger partial charge is 0.389 e. The van der Waals surface area contributed by atoms with Crippen LogP contribution in [0.25, 0.3) is 0 Å². The van der Waals surface area contributed by atoms with Crippen molar-refractivity contribution in [3.05, 3.63) is 28.8 Å². The van der Waals surface area contributed by atoms with Crippen LogP contribution < -0.4 is 11.1 Å². The highest BCUT2D eigenvalue weighted by molar-refractivity contribution is 7.80. The van der Waals surface area contributed by atoms with E-state index in [1.54, 1.807) is 18.2 Å². The first kappa shape index (κ1) is 14.8. The lowest BCUT2D eigenvalue weighted by Gasteiger charge is -2.21. The summed E-state index contributed by atoms with van der Waals surface area (Å²) in [6.07, 6.45) is 5.76. The van der Waals surface area contributed by atoms with Gasteiger partial charge in [-0.3, -0.25) is 4.79 Å². The van der Waals surface area contributed by atoms with Crippen molar-refractivity contribution in [2.45, 2.75) is 32.1 Å². The van der Waals surface area contributed by atoms with E-state index in [4.69, 9.17) is 29.6 Å². The summed E-state index contributed by atoms with van der Waals surface area (Å²) in [5.74, 6) is 2.18. The second-order valence-electron chi connectivity index (χ2n) is 6.25. The van der Waals surface area contributed by atoms with Gasteiger partial charge in [0.15, 0.2) is 0 Å². The minimum atomic E-state index is 0.0366. The minimum Gasteiger partial charge on any atom is -0.389 e. The molecule has 1 aromatic rings. The first-order chi connectivity index (χ1) is 10.0. The molecule has 0 radical (unpaired) electrons. The first-order valence-corrected chi connectivity index (χ1v) is 8.20. The second kappa shape index (κ2) is 5.93. The van der Waals surface area contributed by atoms with Gasteiger partial charge >= 0.3 is 0 Å². The average Bonchev–Trinajstić information content (AvgIpc) is 3.03. The van der Waals surface area contributed by atoms with E-state index >= 15 is 0 Å². The Bertz CT molecular complexity index is 590. The monoisotopic (exact) mass is 322 g/mol. The van der Waals surface area contributed by atoms with Crippen LogP contribution in [0.1, 0.15) is 37.7 Å². The fourth-order valence-corrected chi connectivity index (χ4v) is 4.13. The Morgan fingerprint density at radius 3 is 2.81 bits per heavy atom. The molecule has 5 heteroatoms. The molecular weight excluding hydrogens is 304 g/mol. The molecule has 0 aliphatic heterocycles. The molecular formula is C16H19ClN2OS. The van der Waals surface area contributed by atoms with Crippen LogP contribution in [0.3, 0.4) is 0 Å². The normalized spacial score (nSPS) is 26.8. The number of anilines is 1. The predicted octanol–water partition coefficient (Wildman–Crippen LogP) is 3.74. The van der Waals surface area contributed by atoms with Crippen molar-refractivity contribution >= 4 is 40.4 Å². The summed E-state index contributed by atoms with van der Waals surface area (Å²) >= 11 is 11.1. The number of carbonyl (C=O) groups is 1. The summed E-state index contributed by atoms with van der Waals surface area (Å²) in [7, 11) is 0. The van der Waals surface area contributed by atoms with E-state index in [2.05, 4.69) is 5.32 Å². The number of hydrogen-bond donors (Lipinski definition) is 2. The van der Waals surface area contributed by atoms with Crippen LogP contribution in [-0.2, 0) is 4.79 Å². The van der Waals surface area contributed by atoms with Crippen molar-refractivity contribution in [2.24, 2.45) is 23.5 Å². The third-order valence-corrected chi connectivity index (χ3v) is 5.42. The van der Waals surface area contributed by atoms with Crippen molar-refractivity contribution in [3.8, 4) is 0 Å². The second-order valence-corrected chi connectivity index (χ2v) is 7.09. The smallest absolute Gasteiger partial charge is 0.224 e. The Morgan fingerprint density at radius 1 is 1.38 bits per heavy atom. The molecule has 21 heavy (non-hydrogen) atoms. The standard InChI is InChI=1S/C16H19ClN2OS/c17-13-4-3-11(16(18)21)7-14(13)19-15(20)8-12-6-9-1-2-10(12)5-9/h3-4,7,9-10,12H,1-2,5-6,8H2,(H2,18,21)(H,19,20). The van der Waals surface area contributed by atoms with Crippen molar-refractivity contribution < 1.29 is 4.79 Å². The van der Waals surface area contributed by atoms with Crippen LogP contribution in [0.5, 0.6) is 0 Å². The van der Waals surface area contributed by atoms with Gasteiger partial charge in [0.2, 0.25) is 5.91 Å². The summed E-state index contributed by atoms with van der Waals surface area (Å²) < 4.78 is 0. The number of halogens is 1. The molecule has 2 aliphatic carbocycles. The van der Waals surface area contributed by atoms with Gasteiger partial charge in [-0.05, 0) is 49.1 Å². The SMILES string of the molecule is NC(=S)c1ccc(Cl)c(NC(=O)CC2CC3CCC2C3)c1. The Kier molecular flexibility index (Phi) is 4.18. The van der Waals surface area contributed by atoms with Crippen LogP contribution in [0.15, 0.2) is 18.2 Å². The van der Waals surface area contributed by atoms with E-state index in [0.717, 1.165) is 11.8 Å². The van der Waals surface area contributed by atoms with Crippen molar-refractivity contribution in [3.63, 3.8) is 0 Å². The Labute approximate surface area is 135 Å². The van der Waals surface area contributed by atoms with Gasteiger partial charge < -0.3 is 11.1 Å². The van der Waals surface area contributed by atoms with Crippen LogP contribution in [0.2, 0.25) is 5.02 Å². The van der Waals surface area contributed by atoms with Gasteiger partial charge in [-0.2, -0.15) is 0 Å². The van der Waals surface area contributed by atoms with Gasteiger partial charge in [-0.1, -0.05) is 36.3 Å². The number of benzene rings is 1. The van der Waals surface area contributed by atoms with Crippen LogP contribution in [0, 0.1) is 17.8 Å². The number of fused-ring (bicyclic) bond motifs is 2. The third-order valence-electron chi connectivity index (χ3n) is 4.86. The summed E-state index contributed by atoms with van der Waals surface area (Å²) in [5.41, 5.74) is 6.92. The first-order valence-electron chi connectivity index (χ1n) is 7.42. The molecule has 3 N–H and O–H groups in total. The van der Waals surface area contributed by atoms with E-state index in [0.29, 0.717) is 33.6 Å². The average molecular weight is 323 g/mol. The van der Waals surface area contributed by atoms with E-state index in [1.165, 1.54) is 25.7 Å². The number of rotatable bonds is 4. The lowest BCUT2D eigenvalue weighted by molar-refractivity contribution is -0.117. The van der Waals surface area contributed by atoms with E-state index in [1.807, 2.05) is 0 Å². The van der Waals surface area contributed by atoms with Gasteiger partial charge in [0, 0.05) is 12.0 Å². The Balaban J connectivity index is 1.64. The van der Waals surface area contributed by atoms with Gasteiger partial charge in [0.05, 0.1) is 10.7 Å². The lowest BCUT2D eigenvalue weighted by Crippen LogP contribution is -2.20. The van der Waals surface area contributed by atoms with Gasteiger partial charge in [0.25, 0.3) is 0 Å². The minimum absolute atomic E-state index is 0.0366. The van der Waals surface area contributed by atoms with Crippen molar-refractivity contribution in [1.82, 2.24) is 0 Å². The van der Waals surface area contributed by atoms with Gasteiger partial charge in [-0.25, -0.2) is 0 Å². The molecule has 2 saturated carbocycles. The maximum atomic E-state index is 12.2. The molecule has 2 bridgehead atoms. The summed E-state index contributed by atoms with van der Waals surface area (Å²) in [5, 5.41) is 3.42. The molecule has 3 rings (SSSR count). The van der Waals surface area contributed by atoms with E-state index < -0.39 is 0 Å². The number of hydrogen-bond acceptors (Lipinski definition) is 2. The maximum Gasteiger partial charge on any atom is 0.224 e. The van der Waals surface area contributed by atoms with Crippen molar-refractivity contribution in [1.29, 1.82) is 0 Å². The topological polar surface area (TPSA) is 55.1 Å². The summed E-state index contributed by atoms with van der Waals surface area (Å²) in [4.78, 5) is 12.5. The molecule has 2 fully saturated rings. The highest BCUT2D eigenvalue weighted by Crippen LogP contribution is 2.49. The predicted molar refractivity (Wildman–Crippen MR) is 89.5 cm³/mol. The van der Waals surface area contributed by atoms with Crippen LogP contribution >= 0.6 is 23.8 Å². The molecule has 3 atom stereocenters. The van der Waals surface area contributed by atoms with E-state index in [-0.39, 0.29) is 5.91 Å². The highest BCUT2D eigenvalue weighted by Gasteiger charge is 2.40. The van der Waals surface area contributed by atoms with Crippen LogP contribution in [-0.4, -0.2) is 10.9 Å².